The van der Waals surface area contributed by atoms with Crippen molar-refractivity contribution in [3.05, 3.63) is 95.3 Å². The molecule has 3 aromatic carbocycles. The second-order valence-corrected chi connectivity index (χ2v) is 7.00. The lowest BCUT2D eigenvalue weighted by molar-refractivity contribution is -0.127. The molecule has 3 rings (SSSR count). The van der Waals surface area contributed by atoms with E-state index in [1.54, 1.807) is 19.1 Å². The number of para-hydroxylation sites is 1. The number of carbonyl (C=O) groups is 1. The molecule has 0 bridgehead atoms. The van der Waals surface area contributed by atoms with Crippen molar-refractivity contribution in [2.45, 2.75) is 39.5 Å². The summed E-state index contributed by atoms with van der Waals surface area (Å²) in [4.78, 5) is 12.4. The van der Waals surface area contributed by atoms with Crippen LogP contribution in [0.1, 0.15) is 30.5 Å². The van der Waals surface area contributed by atoms with Crippen molar-refractivity contribution in [3.8, 4) is 11.5 Å². The van der Waals surface area contributed by atoms with E-state index in [1.807, 2.05) is 48.5 Å². The highest BCUT2D eigenvalue weighted by Gasteiger charge is 2.15. The largest absolute Gasteiger partial charge is 0.489 e. The van der Waals surface area contributed by atoms with Crippen LogP contribution in [0.4, 0.5) is 4.39 Å². The molecule has 0 radical (unpaired) electrons. The monoisotopic (exact) mass is 407 g/mol. The topological polar surface area (TPSA) is 47.6 Å². The van der Waals surface area contributed by atoms with E-state index in [0.717, 1.165) is 28.9 Å². The number of ether oxygens (including phenoxy) is 2. The summed E-state index contributed by atoms with van der Waals surface area (Å²) in [7, 11) is 0. The third-order valence-electron chi connectivity index (χ3n) is 4.74. The Morgan fingerprint density at radius 3 is 2.33 bits per heavy atom. The van der Waals surface area contributed by atoms with Gasteiger partial charge in [0.2, 0.25) is 0 Å². The predicted molar refractivity (Wildman–Crippen MR) is 115 cm³/mol. The molecular formula is C25H26FNO3. The van der Waals surface area contributed by atoms with Crippen molar-refractivity contribution in [1.29, 1.82) is 0 Å². The molecule has 1 amide bonds. The first-order chi connectivity index (χ1) is 14.5. The summed E-state index contributed by atoms with van der Waals surface area (Å²) in [6.45, 7) is 4.57. The standard InChI is InChI=1S/C25H26FNO3/c1-3-21-6-4-5-7-24(21)30-18(2)25(28)27-16-19-10-14-23(15-11-19)29-17-20-8-12-22(26)13-9-20/h4-15,18H,3,16-17H2,1-2H3,(H,27,28)/t18-/m1/s1. The number of benzene rings is 3. The molecule has 0 aliphatic carbocycles. The predicted octanol–water partition coefficient (Wildman–Crippen LogP) is 5.05. The molecular weight excluding hydrogens is 381 g/mol. The van der Waals surface area contributed by atoms with E-state index < -0.39 is 6.10 Å². The fourth-order valence-electron chi connectivity index (χ4n) is 2.94. The third-order valence-corrected chi connectivity index (χ3v) is 4.74. The fourth-order valence-corrected chi connectivity index (χ4v) is 2.94. The summed E-state index contributed by atoms with van der Waals surface area (Å²) in [5, 5.41) is 2.90. The van der Waals surface area contributed by atoms with Crippen LogP contribution < -0.4 is 14.8 Å². The van der Waals surface area contributed by atoms with Crippen LogP contribution >= 0.6 is 0 Å². The van der Waals surface area contributed by atoms with Gasteiger partial charge >= 0.3 is 0 Å². The lowest BCUT2D eigenvalue weighted by Gasteiger charge is -2.17. The fraction of sp³-hybridized carbons (Fsp3) is 0.240. The number of rotatable bonds is 9. The molecule has 0 aromatic heterocycles. The molecule has 0 unspecified atom stereocenters. The molecule has 1 N–H and O–H groups in total. The lowest BCUT2D eigenvalue weighted by Crippen LogP contribution is -2.36. The SMILES string of the molecule is CCc1ccccc1O[C@H](C)C(=O)NCc1ccc(OCc2ccc(F)cc2)cc1. The molecule has 0 aliphatic rings. The van der Waals surface area contributed by atoms with Crippen molar-refractivity contribution in [2.75, 3.05) is 0 Å². The van der Waals surface area contributed by atoms with E-state index in [0.29, 0.717) is 18.9 Å². The maximum absolute atomic E-state index is 12.9. The Hall–Kier alpha value is -3.34. The van der Waals surface area contributed by atoms with Crippen LogP contribution in [0.2, 0.25) is 0 Å². The molecule has 30 heavy (non-hydrogen) atoms. The number of nitrogens with one attached hydrogen (secondary N) is 1. The number of amides is 1. The van der Waals surface area contributed by atoms with Crippen molar-refractivity contribution in [3.63, 3.8) is 0 Å². The van der Waals surface area contributed by atoms with E-state index in [1.165, 1.54) is 12.1 Å². The Morgan fingerprint density at radius 2 is 1.63 bits per heavy atom. The highest BCUT2D eigenvalue weighted by molar-refractivity contribution is 5.80. The van der Waals surface area contributed by atoms with Gasteiger partial charge in [-0.2, -0.15) is 0 Å². The number of hydrogen-bond donors (Lipinski definition) is 1. The van der Waals surface area contributed by atoms with Crippen LogP contribution in [0.25, 0.3) is 0 Å². The van der Waals surface area contributed by atoms with Crippen LogP contribution in [0.3, 0.4) is 0 Å². The highest BCUT2D eigenvalue weighted by atomic mass is 19.1. The summed E-state index contributed by atoms with van der Waals surface area (Å²) in [6, 6.07) is 21.5. The first-order valence-corrected chi connectivity index (χ1v) is 10.0. The summed E-state index contributed by atoms with van der Waals surface area (Å²) in [6.07, 6.45) is 0.260. The van der Waals surface area contributed by atoms with Crippen LogP contribution in [0.5, 0.6) is 11.5 Å². The number of carbonyl (C=O) groups excluding carboxylic acids is 1. The Kier molecular flexibility index (Phi) is 7.44. The minimum Gasteiger partial charge on any atom is -0.489 e. The first kappa shape index (κ1) is 21.4. The summed E-state index contributed by atoms with van der Waals surface area (Å²) >= 11 is 0. The van der Waals surface area contributed by atoms with Gasteiger partial charge in [0, 0.05) is 6.54 Å². The molecule has 0 fully saturated rings. The molecule has 156 valence electrons. The van der Waals surface area contributed by atoms with Crippen molar-refractivity contribution >= 4 is 5.91 Å². The van der Waals surface area contributed by atoms with Gasteiger partial charge in [-0.25, -0.2) is 4.39 Å². The van der Waals surface area contributed by atoms with E-state index in [4.69, 9.17) is 9.47 Å². The average Bonchev–Trinajstić information content (AvgIpc) is 2.78. The van der Waals surface area contributed by atoms with Gasteiger partial charge in [-0.05, 0) is 60.4 Å². The second kappa shape index (κ2) is 10.4. The van der Waals surface area contributed by atoms with Gasteiger partial charge in [0.1, 0.15) is 23.9 Å². The molecule has 0 heterocycles. The minimum atomic E-state index is -0.587. The lowest BCUT2D eigenvalue weighted by atomic mass is 10.1. The van der Waals surface area contributed by atoms with Crippen LogP contribution in [-0.4, -0.2) is 12.0 Å². The maximum Gasteiger partial charge on any atom is 0.261 e. The average molecular weight is 407 g/mol. The molecule has 0 saturated carbocycles. The highest BCUT2D eigenvalue weighted by Crippen LogP contribution is 2.20. The van der Waals surface area contributed by atoms with E-state index >= 15 is 0 Å². The van der Waals surface area contributed by atoms with Crippen LogP contribution in [-0.2, 0) is 24.4 Å². The molecule has 0 spiro atoms. The molecule has 3 aromatic rings. The molecule has 0 aliphatic heterocycles. The van der Waals surface area contributed by atoms with E-state index in [-0.39, 0.29) is 11.7 Å². The number of hydrogen-bond acceptors (Lipinski definition) is 3. The number of aryl methyl sites for hydroxylation is 1. The quantitative estimate of drug-likeness (QED) is 0.540. The Bertz CT molecular complexity index is 955. The third kappa shape index (κ3) is 6.08. The normalized spacial score (nSPS) is 11.6. The first-order valence-electron chi connectivity index (χ1n) is 10.0. The van der Waals surface area contributed by atoms with Gasteiger partial charge in [-0.1, -0.05) is 49.4 Å². The van der Waals surface area contributed by atoms with Crippen LogP contribution in [0.15, 0.2) is 72.8 Å². The van der Waals surface area contributed by atoms with E-state index in [2.05, 4.69) is 12.2 Å². The van der Waals surface area contributed by atoms with Crippen LogP contribution in [0, 0.1) is 5.82 Å². The molecule has 4 nitrogen and oxygen atoms in total. The van der Waals surface area contributed by atoms with Gasteiger partial charge in [-0.15, -0.1) is 0 Å². The van der Waals surface area contributed by atoms with Crippen molar-refractivity contribution in [2.24, 2.45) is 0 Å². The Labute approximate surface area is 176 Å². The molecule has 1 atom stereocenters. The number of halogens is 1. The van der Waals surface area contributed by atoms with Crippen molar-refractivity contribution < 1.29 is 18.7 Å². The van der Waals surface area contributed by atoms with E-state index in [9.17, 15) is 9.18 Å². The summed E-state index contributed by atoms with van der Waals surface area (Å²) in [5.41, 5.74) is 2.93. The molecule has 0 saturated heterocycles. The minimum absolute atomic E-state index is 0.169. The van der Waals surface area contributed by atoms with Gasteiger partial charge in [0.25, 0.3) is 5.91 Å². The Balaban J connectivity index is 1.46. The zero-order valence-electron chi connectivity index (χ0n) is 17.2. The zero-order chi connectivity index (χ0) is 21.3. The summed E-state index contributed by atoms with van der Waals surface area (Å²) in [5.74, 6) is 1.02. The van der Waals surface area contributed by atoms with Gasteiger partial charge in [0.15, 0.2) is 6.10 Å². The van der Waals surface area contributed by atoms with Gasteiger partial charge in [-0.3, -0.25) is 4.79 Å². The zero-order valence-corrected chi connectivity index (χ0v) is 17.2. The Morgan fingerprint density at radius 1 is 0.967 bits per heavy atom. The second-order valence-electron chi connectivity index (χ2n) is 7.00. The van der Waals surface area contributed by atoms with Gasteiger partial charge in [0.05, 0.1) is 0 Å². The molecule has 5 heteroatoms. The maximum atomic E-state index is 12.9. The van der Waals surface area contributed by atoms with Gasteiger partial charge < -0.3 is 14.8 Å². The smallest absolute Gasteiger partial charge is 0.261 e. The van der Waals surface area contributed by atoms with Crippen molar-refractivity contribution in [1.82, 2.24) is 5.32 Å². The summed E-state index contributed by atoms with van der Waals surface area (Å²) < 4.78 is 24.5.